The molecule has 0 saturated heterocycles. The quantitative estimate of drug-likeness (QED) is 0.286. The molecule has 0 spiro atoms. The third kappa shape index (κ3) is 5.49. The Morgan fingerprint density at radius 1 is 0.513 bits per heavy atom. The molecule has 0 fully saturated rings. The summed E-state index contributed by atoms with van der Waals surface area (Å²) in [6.45, 7) is 2.54. The first-order valence-corrected chi connectivity index (χ1v) is 13.9. The van der Waals surface area contributed by atoms with Gasteiger partial charge < -0.3 is 18.9 Å². The Bertz CT molecular complexity index is 1510. The summed E-state index contributed by atoms with van der Waals surface area (Å²) in [7, 11) is -3.71. The molecule has 0 amide bonds. The molecule has 0 radical (unpaired) electrons. The highest BCUT2D eigenvalue weighted by Gasteiger charge is 2.18. The van der Waals surface area contributed by atoms with E-state index in [1.807, 2.05) is 48.5 Å². The van der Waals surface area contributed by atoms with E-state index in [0.29, 0.717) is 61.1 Å². The summed E-state index contributed by atoms with van der Waals surface area (Å²) in [4.78, 5) is 8.94. The second-order valence-corrected chi connectivity index (χ2v) is 10.7. The molecule has 2 aliphatic rings. The number of ether oxygens (including phenoxy) is 4. The van der Waals surface area contributed by atoms with Crippen LogP contribution in [0.25, 0.3) is 0 Å². The van der Waals surface area contributed by atoms with Gasteiger partial charge >= 0.3 is 0 Å². The number of benzene rings is 4. The fraction of sp³-hybridized carbons (Fsp3) is 0.133. The lowest BCUT2D eigenvalue weighted by Crippen LogP contribution is -2.02. The summed E-state index contributed by atoms with van der Waals surface area (Å²) in [5.74, 6) is 3.57. The Labute approximate surface area is 226 Å². The van der Waals surface area contributed by atoms with Crippen LogP contribution in [0.1, 0.15) is 11.1 Å². The average molecular weight is 541 g/mol. The van der Waals surface area contributed by atoms with Crippen LogP contribution >= 0.6 is 0 Å². The van der Waals surface area contributed by atoms with Gasteiger partial charge in [0.25, 0.3) is 0 Å². The van der Waals surface area contributed by atoms with Crippen molar-refractivity contribution in [2.45, 2.75) is 9.79 Å². The van der Waals surface area contributed by atoms with E-state index < -0.39 is 9.84 Å². The molecule has 8 nitrogen and oxygen atoms in total. The molecule has 0 bridgehead atoms. The van der Waals surface area contributed by atoms with E-state index in [4.69, 9.17) is 18.9 Å². The number of hydrogen-bond donors (Lipinski definition) is 0. The molecule has 0 unspecified atom stereocenters. The molecule has 4 aromatic carbocycles. The van der Waals surface area contributed by atoms with E-state index in [2.05, 4.69) is 9.98 Å². The predicted molar refractivity (Wildman–Crippen MR) is 146 cm³/mol. The standard InChI is InChI=1S/C30H24N2O6S/c33-39(34,27-13-9-25(10-14-27)37-23-5-1-21(2-6-23)29-31-17-19-35-29)28-15-11-26(12-16-28)38-24-7-3-22(4-8-24)30-32-18-20-36-30/h1-16H,17-20H2. The van der Waals surface area contributed by atoms with Gasteiger partial charge in [-0.3, -0.25) is 0 Å². The predicted octanol–water partition coefficient (Wildman–Crippen LogP) is 5.66. The maximum absolute atomic E-state index is 13.2. The Balaban J connectivity index is 1.10. The summed E-state index contributed by atoms with van der Waals surface area (Å²) >= 11 is 0. The van der Waals surface area contributed by atoms with Crippen molar-refractivity contribution in [2.24, 2.45) is 9.98 Å². The van der Waals surface area contributed by atoms with Gasteiger partial charge in [0, 0.05) is 11.1 Å². The maximum Gasteiger partial charge on any atom is 0.216 e. The SMILES string of the molecule is O=S(=O)(c1ccc(Oc2ccc(C3=NCCO3)cc2)cc1)c1ccc(Oc2ccc(C3=NCCO3)cc2)cc1. The zero-order valence-electron chi connectivity index (χ0n) is 20.8. The molecule has 0 aliphatic carbocycles. The smallest absolute Gasteiger partial charge is 0.216 e. The van der Waals surface area contributed by atoms with Gasteiger partial charge in [-0.05, 0) is 97.1 Å². The molecular weight excluding hydrogens is 516 g/mol. The first-order chi connectivity index (χ1) is 19.0. The third-order valence-corrected chi connectivity index (χ3v) is 7.90. The second-order valence-electron chi connectivity index (χ2n) is 8.77. The fourth-order valence-electron chi connectivity index (χ4n) is 4.13. The molecule has 4 aromatic rings. The Morgan fingerprint density at radius 2 is 0.846 bits per heavy atom. The lowest BCUT2D eigenvalue weighted by molar-refractivity contribution is 0.348. The Hall–Kier alpha value is -4.63. The number of hydrogen-bond acceptors (Lipinski definition) is 8. The molecule has 196 valence electrons. The maximum atomic E-state index is 13.2. The average Bonchev–Trinajstić information content (AvgIpc) is 3.70. The molecule has 0 N–H and O–H groups in total. The second kappa shape index (κ2) is 10.6. The summed E-state index contributed by atoms with van der Waals surface area (Å²) in [6, 6.07) is 27.4. The van der Waals surface area contributed by atoms with Crippen LogP contribution < -0.4 is 9.47 Å². The van der Waals surface area contributed by atoms with Gasteiger partial charge in [0.15, 0.2) is 0 Å². The summed E-state index contributed by atoms with van der Waals surface area (Å²) in [6.07, 6.45) is 0. The largest absolute Gasteiger partial charge is 0.476 e. The Kier molecular flexibility index (Phi) is 6.73. The van der Waals surface area contributed by atoms with Gasteiger partial charge in [-0.25, -0.2) is 18.4 Å². The minimum Gasteiger partial charge on any atom is -0.476 e. The summed E-state index contributed by atoms with van der Waals surface area (Å²) in [5.41, 5.74) is 1.78. The molecule has 39 heavy (non-hydrogen) atoms. The van der Waals surface area contributed by atoms with Crippen molar-refractivity contribution < 1.29 is 27.4 Å². The summed E-state index contributed by atoms with van der Waals surface area (Å²) in [5, 5.41) is 0. The Morgan fingerprint density at radius 3 is 1.15 bits per heavy atom. The van der Waals surface area contributed by atoms with E-state index in [1.165, 1.54) is 24.3 Å². The zero-order valence-corrected chi connectivity index (χ0v) is 21.6. The molecule has 2 heterocycles. The van der Waals surface area contributed by atoms with Gasteiger partial charge in [-0.2, -0.15) is 0 Å². The summed E-state index contributed by atoms with van der Waals surface area (Å²) < 4.78 is 49.0. The van der Waals surface area contributed by atoms with Crippen molar-refractivity contribution in [1.82, 2.24) is 0 Å². The van der Waals surface area contributed by atoms with Crippen molar-refractivity contribution in [3.8, 4) is 23.0 Å². The number of rotatable bonds is 8. The normalized spacial score (nSPS) is 14.7. The molecule has 0 aromatic heterocycles. The van der Waals surface area contributed by atoms with Crippen molar-refractivity contribution in [3.05, 3.63) is 108 Å². The van der Waals surface area contributed by atoms with Gasteiger partial charge in [-0.15, -0.1) is 0 Å². The highest BCUT2D eigenvalue weighted by atomic mass is 32.2. The van der Waals surface area contributed by atoms with Gasteiger partial charge in [0.1, 0.15) is 36.2 Å². The van der Waals surface area contributed by atoms with Crippen LogP contribution in [0.3, 0.4) is 0 Å². The minimum absolute atomic E-state index is 0.169. The molecule has 6 rings (SSSR count). The van der Waals surface area contributed by atoms with Crippen LogP contribution in [0, 0.1) is 0 Å². The number of nitrogens with zero attached hydrogens (tertiary/aromatic N) is 2. The van der Waals surface area contributed by atoms with Gasteiger partial charge in [0.05, 0.1) is 22.9 Å². The van der Waals surface area contributed by atoms with E-state index in [1.54, 1.807) is 24.3 Å². The van der Waals surface area contributed by atoms with Crippen LogP contribution in [-0.2, 0) is 19.3 Å². The number of sulfone groups is 1. The van der Waals surface area contributed by atoms with E-state index >= 15 is 0 Å². The topological polar surface area (TPSA) is 95.8 Å². The highest BCUT2D eigenvalue weighted by molar-refractivity contribution is 7.91. The van der Waals surface area contributed by atoms with Crippen molar-refractivity contribution >= 4 is 21.6 Å². The molecule has 0 atom stereocenters. The first kappa shape index (κ1) is 24.7. The van der Waals surface area contributed by atoms with E-state index in [9.17, 15) is 8.42 Å². The van der Waals surface area contributed by atoms with E-state index in [0.717, 1.165) is 11.1 Å². The number of aliphatic imine (C=N–C) groups is 2. The van der Waals surface area contributed by atoms with Gasteiger partial charge in [-0.1, -0.05) is 0 Å². The lowest BCUT2D eigenvalue weighted by Gasteiger charge is -2.10. The zero-order chi connectivity index (χ0) is 26.7. The monoisotopic (exact) mass is 540 g/mol. The lowest BCUT2D eigenvalue weighted by atomic mass is 10.2. The van der Waals surface area contributed by atoms with Crippen molar-refractivity contribution in [2.75, 3.05) is 26.3 Å². The van der Waals surface area contributed by atoms with Crippen molar-refractivity contribution in [1.29, 1.82) is 0 Å². The highest BCUT2D eigenvalue weighted by Crippen LogP contribution is 2.29. The van der Waals surface area contributed by atoms with Crippen molar-refractivity contribution in [3.63, 3.8) is 0 Å². The molecule has 9 heteroatoms. The van der Waals surface area contributed by atoms with E-state index in [-0.39, 0.29) is 9.79 Å². The third-order valence-electron chi connectivity index (χ3n) is 6.11. The van der Waals surface area contributed by atoms with Crippen LogP contribution in [0.2, 0.25) is 0 Å². The molecular formula is C30H24N2O6S. The van der Waals surface area contributed by atoms with Gasteiger partial charge in [0.2, 0.25) is 21.6 Å². The molecule has 0 saturated carbocycles. The van der Waals surface area contributed by atoms with Crippen LogP contribution in [-0.4, -0.2) is 46.5 Å². The van der Waals surface area contributed by atoms with Crippen LogP contribution in [0.15, 0.2) is 117 Å². The molecule has 2 aliphatic heterocycles. The van der Waals surface area contributed by atoms with Crippen LogP contribution in [0.4, 0.5) is 0 Å². The van der Waals surface area contributed by atoms with Crippen LogP contribution in [0.5, 0.6) is 23.0 Å². The minimum atomic E-state index is -3.71. The fourth-order valence-corrected chi connectivity index (χ4v) is 5.39. The first-order valence-electron chi connectivity index (χ1n) is 12.4.